The maximum absolute atomic E-state index is 7.09. The van der Waals surface area contributed by atoms with Crippen LogP contribution in [0.15, 0.2) is 164 Å². The van der Waals surface area contributed by atoms with Crippen molar-refractivity contribution < 1.29 is 14.0 Å². The number of fused-ring (bicyclic) bond motifs is 14. The number of benzene rings is 7. The normalized spacial score (nSPS) is 16.2. The zero-order valence-corrected chi connectivity index (χ0v) is 29.2. The third-order valence-corrected chi connectivity index (χ3v) is 13.0. The Morgan fingerprint density at radius 3 is 1.91 bits per heavy atom. The van der Waals surface area contributed by atoms with E-state index in [1.54, 1.807) is 0 Å². The summed E-state index contributed by atoms with van der Waals surface area (Å²) in [4.78, 5) is 0. The van der Waals surface area contributed by atoms with Gasteiger partial charge in [-0.05, 0) is 88.9 Å². The molecule has 12 aromatic rings. The zero-order chi connectivity index (χ0) is 35.3. The Kier molecular flexibility index (Phi) is 4.37. The van der Waals surface area contributed by atoms with Gasteiger partial charge in [-0.15, -0.1) is 4.52 Å². The van der Waals surface area contributed by atoms with E-state index in [0.717, 1.165) is 23.0 Å². The average molecular weight is 702 g/mol. The molecule has 5 aromatic heterocycles. The van der Waals surface area contributed by atoms with Crippen LogP contribution in [0.4, 0.5) is 0 Å². The second-order valence-corrected chi connectivity index (χ2v) is 15.3. The van der Waals surface area contributed by atoms with Crippen LogP contribution in [0.3, 0.4) is 0 Å². The summed E-state index contributed by atoms with van der Waals surface area (Å²) in [7, 11) is 0. The molecule has 1 spiro atoms. The van der Waals surface area contributed by atoms with Gasteiger partial charge < -0.3 is 9.30 Å². The first kappa shape index (κ1) is 27.2. The Hall–Kier alpha value is -7.44. The largest absolute Gasteiger partial charge is 0.456 e. The average Bonchev–Trinajstić information content (AvgIpc) is 3.96. The van der Waals surface area contributed by atoms with E-state index >= 15 is 0 Å². The van der Waals surface area contributed by atoms with E-state index < -0.39 is 5.66 Å². The molecule has 0 radical (unpaired) electrons. The van der Waals surface area contributed by atoms with Crippen LogP contribution in [0.5, 0.6) is 11.5 Å². The predicted molar refractivity (Wildman–Crippen MR) is 217 cm³/mol. The first-order chi connectivity index (χ1) is 27.3. The van der Waals surface area contributed by atoms with Crippen molar-refractivity contribution in [3.05, 3.63) is 175 Å². The molecule has 3 aliphatic rings. The molecule has 0 bridgehead atoms. The number of aromatic nitrogens is 5. The number of para-hydroxylation sites is 4. The van der Waals surface area contributed by atoms with E-state index in [2.05, 4.69) is 187 Å². The molecular weight excluding hydrogens is 675 g/mol. The Morgan fingerprint density at radius 1 is 0.436 bits per heavy atom. The molecule has 6 nitrogen and oxygen atoms in total. The number of rotatable bonds is 1. The summed E-state index contributed by atoms with van der Waals surface area (Å²) in [5, 5.41) is 9.89. The minimum atomic E-state index is -0.764. The molecule has 1 atom stereocenters. The number of nitrogens with zero attached hydrogens (tertiary/aromatic N) is 5. The summed E-state index contributed by atoms with van der Waals surface area (Å²) in [6, 6.07) is 57.9. The molecule has 0 saturated heterocycles. The molecule has 3 aliphatic heterocycles. The van der Waals surface area contributed by atoms with Gasteiger partial charge in [0.05, 0.1) is 22.6 Å². The van der Waals surface area contributed by atoms with E-state index in [4.69, 9.17) is 4.74 Å². The fourth-order valence-corrected chi connectivity index (χ4v) is 11.1. The van der Waals surface area contributed by atoms with E-state index in [1.807, 2.05) is 0 Å². The lowest BCUT2D eigenvalue weighted by atomic mass is 9.83. The SMILES string of the molecule is c1ccc(-n2c3ccccc3c3cc4c5ccc6c7c5n5c(c4cc32)c2ccccc2[n+]5C72c3c(ccc4c5ccccc5n(c34)-c3cccc[n+]32)O6)cc1. The monoisotopic (exact) mass is 701 g/mol. The second-order valence-electron chi connectivity index (χ2n) is 15.3. The standard InChI is InChI=1S/C49H27N5O/c1-2-12-28(13-3-1)51-37-17-7-5-15-30(37)35-26-34-32-22-24-42-45-48(32)53-46(36(34)27-40(35)51)33-16-6-9-19-39(33)54(53)49(45)44-41(55-42)23-21-31-29-14-4-8-18-38(29)52(47(31)44)43-20-10-11-25-50(43)49/h1-27H/q+2. The molecule has 6 heteroatoms. The third-order valence-electron chi connectivity index (χ3n) is 13.0. The van der Waals surface area contributed by atoms with Crippen LogP contribution in [0.25, 0.3) is 93.2 Å². The van der Waals surface area contributed by atoms with Gasteiger partial charge in [0.1, 0.15) is 28.0 Å². The molecule has 1 unspecified atom stereocenters. The van der Waals surface area contributed by atoms with E-state index in [1.165, 1.54) is 92.8 Å². The minimum Gasteiger partial charge on any atom is -0.456 e. The summed E-state index contributed by atoms with van der Waals surface area (Å²) >= 11 is 0. The van der Waals surface area contributed by atoms with Crippen molar-refractivity contribution in [1.82, 2.24) is 13.6 Å². The van der Waals surface area contributed by atoms with Crippen LogP contribution in [0, 0.1) is 0 Å². The molecule has 7 aromatic carbocycles. The molecule has 0 aliphatic carbocycles. The van der Waals surface area contributed by atoms with Crippen molar-refractivity contribution >= 4 is 81.7 Å². The summed E-state index contributed by atoms with van der Waals surface area (Å²) < 4.78 is 19.6. The Bertz CT molecular complexity index is 3810. The third kappa shape index (κ3) is 2.77. The van der Waals surface area contributed by atoms with Gasteiger partial charge in [-0.1, -0.05) is 66.7 Å². The fraction of sp³-hybridized carbons (Fsp3) is 0.0204. The van der Waals surface area contributed by atoms with Crippen LogP contribution < -0.4 is 14.0 Å². The van der Waals surface area contributed by atoms with Gasteiger partial charge >= 0.3 is 5.66 Å². The predicted octanol–water partition coefficient (Wildman–Crippen LogP) is 10.2. The van der Waals surface area contributed by atoms with E-state index in [-0.39, 0.29) is 0 Å². The molecular formula is C49H27N5O+2. The summed E-state index contributed by atoms with van der Waals surface area (Å²) in [6.45, 7) is 0. The Labute approximate surface area is 312 Å². The second kappa shape index (κ2) is 8.84. The maximum Gasteiger partial charge on any atom is 0.398 e. The van der Waals surface area contributed by atoms with Crippen LogP contribution in [0.2, 0.25) is 0 Å². The Balaban J connectivity index is 1.22. The van der Waals surface area contributed by atoms with Gasteiger partial charge in [-0.2, -0.15) is 9.13 Å². The van der Waals surface area contributed by atoms with Crippen molar-refractivity contribution in [3.8, 4) is 23.0 Å². The fourth-order valence-electron chi connectivity index (χ4n) is 11.1. The van der Waals surface area contributed by atoms with Crippen LogP contribution in [-0.4, -0.2) is 13.6 Å². The highest BCUT2D eigenvalue weighted by Gasteiger charge is 2.68. The lowest BCUT2D eigenvalue weighted by Gasteiger charge is -2.33. The van der Waals surface area contributed by atoms with Crippen LogP contribution >= 0.6 is 0 Å². The topological polar surface area (TPSA) is 31.3 Å². The first-order valence-corrected chi connectivity index (χ1v) is 19.0. The van der Waals surface area contributed by atoms with Crippen LogP contribution in [0.1, 0.15) is 11.1 Å². The zero-order valence-electron chi connectivity index (χ0n) is 29.2. The van der Waals surface area contributed by atoms with E-state index in [0.29, 0.717) is 0 Å². The van der Waals surface area contributed by atoms with Crippen molar-refractivity contribution in [2.24, 2.45) is 0 Å². The molecule has 0 fully saturated rings. The molecule has 0 amide bonds. The van der Waals surface area contributed by atoms with E-state index in [9.17, 15) is 0 Å². The van der Waals surface area contributed by atoms with Crippen molar-refractivity contribution in [3.63, 3.8) is 0 Å². The lowest BCUT2D eigenvalue weighted by Crippen LogP contribution is -2.76. The molecule has 15 rings (SSSR count). The van der Waals surface area contributed by atoms with Crippen molar-refractivity contribution in [2.75, 3.05) is 0 Å². The van der Waals surface area contributed by atoms with Gasteiger partial charge in [0.2, 0.25) is 5.52 Å². The number of ether oxygens (including phenoxy) is 1. The maximum atomic E-state index is 7.09. The van der Waals surface area contributed by atoms with Gasteiger partial charge in [-0.3, -0.25) is 0 Å². The van der Waals surface area contributed by atoms with Gasteiger partial charge in [0, 0.05) is 50.1 Å². The lowest BCUT2D eigenvalue weighted by molar-refractivity contribution is -0.980. The van der Waals surface area contributed by atoms with Gasteiger partial charge in [0.25, 0.3) is 5.82 Å². The number of pyridine rings is 2. The highest BCUT2D eigenvalue weighted by atomic mass is 16.5. The molecule has 55 heavy (non-hydrogen) atoms. The van der Waals surface area contributed by atoms with Crippen LogP contribution in [-0.2, 0) is 5.66 Å². The molecule has 0 saturated carbocycles. The van der Waals surface area contributed by atoms with Crippen molar-refractivity contribution in [1.29, 1.82) is 0 Å². The summed E-state index contributed by atoms with van der Waals surface area (Å²) in [5.41, 5.74) is 11.1. The van der Waals surface area contributed by atoms with Gasteiger partial charge in [-0.25, -0.2) is 0 Å². The summed E-state index contributed by atoms with van der Waals surface area (Å²) in [6.07, 6.45) is 2.28. The number of hydrogen-bond donors (Lipinski definition) is 0. The highest BCUT2D eigenvalue weighted by molar-refractivity contribution is 6.25. The molecule has 8 heterocycles. The number of hydrogen-bond acceptors (Lipinski definition) is 1. The quantitative estimate of drug-likeness (QED) is 0.124. The first-order valence-electron chi connectivity index (χ1n) is 19.0. The summed E-state index contributed by atoms with van der Waals surface area (Å²) in [5.74, 6) is 2.92. The Morgan fingerprint density at radius 2 is 1.09 bits per heavy atom. The molecule has 0 N–H and O–H groups in total. The van der Waals surface area contributed by atoms with Crippen molar-refractivity contribution in [2.45, 2.75) is 5.66 Å². The smallest absolute Gasteiger partial charge is 0.398 e. The molecule has 252 valence electrons. The van der Waals surface area contributed by atoms with Gasteiger partial charge in [0.15, 0.2) is 16.6 Å². The minimum absolute atomic E-state index is 0.764. The highest BCUT2D eigenvalue weighted by Crippen LogP contribution is 2.57.